The fourth-order valence-corrected chi connectivity index (χ4v) is 7.70. The second kappa shape index (κ2) is 16.9. The third-order valence-electron chi connectivity index (χ3n) is 10.8. The highest BCUT2D eigenvalue weighted by Crippen LogP contribution is 2.40. The summed E-state index contributed by atoms with van der Waals surface area (Å²) in [5.41, 5.74) is 14.2. The minimum Gasteiger partial charge on any atom is -0.228 e. The van der Waals surface area contributed by atoms with Crippen LogP contribution in [0.3, 0.4) is 0 Å². The van der Waals surface area contributed by atoms with Crippen molar-refractivity contribution in [2.24, 2.45) is 0 Å². The summed E-state index contributed by atoms with van der Waals surface area (Å²) in [5.74, 6) is 2.51. The van der Waals surface area contributed by atoms with E-state index in [9.17, 15) is 5.26 Å². The summed E-state index contributed by atoms with van der Waals surface area (Å²) in [7, 11) is 0. The Bertz CT molecular complexity index is 3160. The van der Waals surface area contributed by atoms with Crippen molar-refractivity contribution in [2.45, 2.75) is 0 Å². The van der Waals surface area contributed by atoms with Gasteiger partial charge in [0, 0.05) is 33.4 Å². The molecule has 0 bridgehead atoms. The molecule has 0 saturated heterocycles. The van der Waals surface area contributed by atoms with E-state index in [2.05, 4.69) is 109 Å². The smallest absolute Gasteiger partial charge is 0.164 e. The zero-order valence-corrected chi connectivity index (χ0v) is 33.5. The Labute approximate surface area is 360 Å². The number of rotatable bonds is 9. The summed E-state index contributed by atoms with van der Waals surface area (Å²) in [5, 5.41) is 9.46. The number of aromatic nitrogens is 5. The van der Waals surface area contributed by atoms with Gasteiger partial charge in [-0.1, -0.05) is 200 Å². The van der Waals surface area contributed by atoms with Gasteiger partial charge in [0.25, 0.3) is 0 Å². The molecular formula is C56H36N6. The second-order valence-electron chi connectivity index (χ2n) is 14.8. The molecule has 0 aliphatic rings. The van der Waals surface area contributed by atoms with Crippen molar-refractivity contribution in [1.29, 1.82) is 5.26 Å². The van der Waals surface area contributed by atoms with Crippen LogP contribution in [0.15, 0.2) is 218 Å². The van der Waals surface area contributed by atoms with Gasteiger partial charge in [0.1, 0.15) is 0 Å². The molecule has 0 aliphatic carbocycles. The third-order valence-corrected chi connectivity index (χ3v) is 10.8. The van der Waals surface area contributed by atoms with E-state index in [4.69, 9.17) is 24.9 Å². The lowest BCUT2D eigenvalue weighted by Gasteiger charge is -2.16. The second-order valence-corrected chi connectivity index (χ2v) is 14.8. The third kappa shape index (κ3) is 7.78. The largest absolute Gasteiger partial charge is 0.228 e. The molecule has 0 amide bonds. The maximum absolute atomic E-state index is 9.46. The Morgan fingerprint density at radius 3 is 1.19 bits per heavy atom. The molecule has 0 spiro atoms. The molecule has 2 heterocycles. The summed E-state index contributed by atoms with van der Waals surface area (Å²) < 4.78 is 0. The van der Waals surface area contributed by atoms with E-state index in [1.165, 1.54) is 0 Å². The van der Waals surface area contributed by atoms with Gasteiger partial charge in [0.2, 0.25) is 0 Å². The molecule has 290 valence electrons. The van der Waals surface area contributed by atoms with Crippen LogP contribution in [0.25, 0.3) is 101 Å². The van der Waals surface area contributed by atoms with E-state index in [1.54, 1.807) is 0 Å². The Balaban J connectivity index is 1.03. The predicted molar refractivity (Wildman–Crippen MR) is 249 cm³/mol. The molecule has 0 saturated carbocycles. The van der Waals surface area contributed by atoms with Gasteiger partial charge in [-0.05, 0) is 51.6 Å². The standard InChI is InChI=1S/C56H36N6/c57-37-38-15-14-22-46(35-38)39-27-31-41(32-28-39)51-36-52(59-53(58-51)42-16-4-1-5-17-42)50-26-13-12-25-49(50)48-24-11-10-23-47(48)40-29-33-45(34-30-40)56-61-54(43-18-6-2-7-19-43)60-55(62-56)44-20-8-3-9-21-44/h1-36H. The quantitative estimate of drug-likeness (QED) is 0.145. The normalized spacial score (nSPS) is 10.9. The molecule has 0 fully saturated rings. The van der Waals surface area contributed by atoms with Crippen LogP contribution in [0.2, 0.25) is 0 Å². The first-order valence-corrected chi connectivity index (χ1v) is 20.4. The topological polar surface area (TPSA) is 88.2 Å². The number of hydrogen-bond donors (Lipinski definition) is 0. The SMILES string of the molecule is N#Cc1cccc(-c2ccc(-c3cc(-c4ccccc4-c4ccccc4-c4ccc(-c5nc(-c6ccccc6)nc(-c6ccccc6)n5)cc4)nc(-c4ccccc4)n3)cc2)c1. The first kappa shape index (κ1) is 37.6. The van der Waals surface area contributed by atoms with Crippen LogP contribution in [0.4, 0.5) is 0 Å². The Hall–Kier alpha value is -8.66. The van der Waals surface area contributed by atoms with Crippen LogP contribution in [0.1, 0.15) is 5.56 Å². The highest BCUT2D eigenvalue weighted by molar-refractivity contribution is 5.92. The Kier molecular flexibility index (Phi) is 10.3. The number of benzene rings is 8. The molecule has 6 nitrogen and oxygen atoms in total. The van der Waals surface area contributed by atoms with Crippen LogP contribution in [-0.2, 0) is 0 Å². The fourth-order valence-electron chi connectivity index (χ4n) is 7.70. The van der Waals surface area contributed by atoms with Crippen molar-refractivity contribution in [3.63, 3.8) is 0 Å². The van der Waals surface area contributed by atoms with Gasteiger partial charge in [-0.15, -0.1) is 0 Å². The molecule has 10 rings (SSSR count). The monoisotopic (exact) mass is 792 g/mol. The lowest BCUT2D eigenvalue weighted by Crippen LogP contribution is -2.00. The molecule has 6 heteroatoms. The van der Waals surface area contributed by atoms with Crippen LogP contribution in [0, 0.1) is 11.3 Å². The molecule has 0 aliphatic heterocycles. The average Bonchev–Trinajstić information content (AvgIpc) is 3.37. The van der Waals surface area contributed by atoms with Crippen molar-refractivity contribution in [1.82, 2.24) is 24.9 Å². The summed E-state index contributed by atoms with van der Waals surface area (Å²) in [4.78, 5) is 25.1. The molecule has 8 aromatic carbocycles. The van der Waals surface area contributed by atoms with Gasteiger partial charge in [-0.2, -0.15) is 5.26 Å². The molecule has 62 heavy (non-hydrogen) atoms. The first-order valence-electron chi connectivity index (χ1n) is 20.4. The number of hydrogen-bond acceptors (Lipinski definition) is 6. The maximum atomic E-state index is 9.46. The van der Waals surface area contributed by atoms with Gasteiger partial charge >= 0.3 is 0 Å². The van der Waals surface area contributed by atoms with Gasteiger partial charge < -0.3 is 0 Å². The number of nitrogens with zero attached hydrogens (tertiary/aromatic N) is 6. The van der Waals surface area contributed by atoms with Crippen molar-refractivity contribution >= 4 is 0 Å². The van der Waals surface area contributed by atoms with Crippen LogP contribution < -0.4 is 0 Å². The highest BCUT2D eigenvalue weighted by Gasteiger charge is 2.18. The Morgan fingerprint density at radius 1 is 0.258 bits per heavy atom. The molecule has 2 aromatic heterocycles. The zero-order valence-electron chi connectivity index (χ0n) is 33.5. The average molecular weight is 793 g/mol. The van der Waals surface area contributed by atoms with Gasteiger partial charge in [-0.3, -0.25) is 0 Å². The maximum Gasteiger partial charge on any atom is 0.164 e. The van der Waals surface area contributed by atoms with Crippen LogP contribution in [-0.4, -0.2) is 24.9 Å². The van der Waals surface area contributed by atoms with Crippen molar-refractivity contribution in [3.05, 3.63) is 224 Å². The van der Waals surface area contributed by atoms with Crippen molar-refractivity contribution < 1.29 is 0 Å². The van der Waals surface area contributed by atoms with Crippen molar-refractivity contribution in [2.75, 3.05) is 0 Å². The number of nitriles is 1. The van der Waals surface area contributed by atoms with Gasteiger partial charge in [0.05, 0.1) is 23.0 Å². The lowest BCUT2D eigenvalue weighted by atomic mass is 9.90. The van der Waals surface area contributed by atoms with E-state index in [1.807, 2.05) is 115 Å². The van der Waals surface area contributed by atoms with Gasteiger partial charge in [0.15, 0.2) is 23.3 Å². The Morgan fingerprint density at radius 2 is 0.645 bits per heavy atom. The highest BCUT2D eigenvalue weighted by atomic mass is 15.0. The van der Waals surface area contributed by atoms with Crippen LogP contribution in [0.5, 0.6) is 0 Å². The van der Waals surface area contributed by atoms with Crippen molar-refractivity contribution in [3.8, 4) is 108 Å². The zero-order chi connectivity index (χ0) is 41.7. The molecule has 0 radical (unpaired) electrons. The van der Waals surface area contributed by atoms with Crippen LogP contribution >= 0.6 is 0 Å². The molecule has 0 unspecified atom stereocenters. The minimum atomic E-state index is 0.611. The fraction of sp³-hybridized carbons (Fsp3) is 0. The van der Waals surface area contributed by atoms with E-state index < -0.39 is 0 Å². The minimum absolute atomic E-state index is 0.611. The van der Waals surface area contributed by atoms with E-state index in [0.717, 1.165) is 78.1 Å². The molecule has 10 aromatic rings. The van der Waals surface area contributed by atoms with E-state index in [0.29, 0.717) is 28.9 Å². The predicted octanol–water partition coefficient (Wildman–Crippen LogP) is 13.5. The summed E-state index contributed by atoms with van der Waals surface area (Å²) in [6.45, 7) is 0. The summed E-state index contributed by atoms with van der Waals surface area (Å²) in [6, 6.07) is 75.9. The van der Waals surface area contributed by atoms with Gasteiger partial charge in [-0.25, -0.2) is 24.9 Å². The molecule has 0 atom stereocenters. The molecular weight excluding hydrogens is 757 g/mol. The van der Waals surface area contributed by atoms with E-state index in [-0.39, 0.29) is 0 Å². The first-order chi connectivity index (χ1) is 30.7. The van der Waals surface area contributed by atoms with E-state index >= 15 is 0 Å². The summed E-state index contributed by atoms with van der Waals surface area (Å²) >= 11 is 0. The summed E-state index contributed by atoms with van der Waals surface area (Å²) in [6.07, 6.45) is 0. The molecule has 0 N–H and O–H groups in total. The lowest BCUT2D eigenvalue weighted by molar-refractivity contribution is 1.07.